The van der Waals surface area contributed by atoms with Crippen LogP contribution in [0.3, 0.4) is 0 Å². The summed E-state index contributed by atoms with van der Waals surface area (Å²) in [7, 11) is 0. The standard InChI is InChI=1S/C18H20N3/c1-15-16(2)21(13-18-10-6-7-11-19-18)14-20(15)12-17-8-4-3-5-9-17/h3-11,14H,12-13H2,1-2H3/q+1. The molecule has 3 aromatic rings. The van der Waals surface area contributed by atoms with Gasteiger partial charge in [-0.15, -0.1) is 0 Å². The Bertz CT molecular complexity index is 653. The maximum Gasteiger partial charge on any atom is 0.244 e. The monoisotopic (exact) mass is 278 g/mol. The maximum absolute atomic E-state index is 4.41. The number of hydrogen-bond donors (Lipinski definition) is 0. The lowest BCUT2D eigenvalue weighted by molar-refractivity contribution is -0.693. The highest BCUT2D eigenvalue weighted by Gasteiger charge is 2.16. The van der Waals surface area contributed by atoms with Crippen LogP contribution in [0.2, 0.25) is 0 Å². The third kappa shape index (κ3) is 3.02. The summed E-state index contributed by atoms with van der Waals surface area (Å²) in [4.78, 5) is 4.41. The van der Waals surface area contributed by atoms with Crippen LogP contribution in [-0.4, -0.2) is 9.55 Å². The van der Waals surface area contributed by atoms with Crippen molar-refractivity contribution in [2.24, 2.45) is 0 Å². The second-order valence-electron chi connectivity index (χ2n) is 5.35. The molecule has 0 aliphatic carbocycles. The molecule has 0 atom stereocenters. The zero-order valence-electron chi connectivity index (χ0n) is 12.5. The second kappa shape index (κ2) is 5.92. The topological polar surface area (TPSA) is 21.7 Å². The highest BCUT2D eigenvalue weighted by molar-refractivity contribution is 5.14. The molecule has 21 heavy (non-hydrogen) atoms. The first-order chi connectivity index (χ1) is 10.2. The zero-order valence-corrected chi connectivity index (χ0v) is 12.5. The van der Waals surface area contributed by atoms with Gasteiger partial charge in [0.2, 0.25) is 6.33 Å². The molecule has 0 saturated carbocycles. The molecule has 0 N–H and O–H groups in total. The van der Waals surface area contributed by atoms with Crippen LogP contribution in [0.4, 0.5) is 0 Å². The molecule has 0 bridgehead atoms. The van der Waals surface area contributed by atoms with Crippen molar-refractivity contribution in [2.75, 3.05) is 0 Å². The number of rotatable bonds is 4. The average molecular weight is 278 g/mol. The van der Waals surface area contributed by atoms with E-state index in [9.17, 15) is 0 Å². The Morgan fingerprint density at radius 1 is 1.00 bits per heavy atom. The van der Waals surface area contributed by atoms with Crippen molar-refractivity contribution < 1.29 is 4.57 Å². The summed E-state index contributed by atoms with van der Waals surface area (Å²) >= 11 is 0. The van der Waals surface area contributed by atoms with Crippen molar-refractivity contribution in [1.29, 1.82) is 0 Å². The van der Waals surface area contributed by atoms with Gasteiger partial charge in [0.15, 0.2) is 0 Å². The molecule has 0 aliphatic rings. The normalized spacial score (nSPS) is 10.8. The van der Waals surface area contributed by atoms with Gasteiger partial charge in [-0.25, -0.2) is 9.13 Å². The van der Waals surface area contributed by atoms with Gasteiger partial charge in [0, 0.05) is 20.0 Å². The Labute approximate surface area is 125 Å². The van der Waals surface area contributed by atoms with Crippen molar-refractivity contribution in [3.05, 3.63) is 83.7 Å². The first-order valence-corrected chi connectivity index (χ1v) is 7.23. The van der Waals surface area contributed by atoms with Gasteiger partial charge >= 0.3 is 0 Å². The molecule has 0 amide bonds. The van der Waals surface area contributed by atoms with Gasteiger partial charge in [-0.3, -0.25) is 4.98 Å². The summed E-state index contributed by atoms with van der Waals surface area (Å²) in [6.45, 7) is 6.06. The minimum atomic E-state index is 0.815. The Morgan fingerprint density at radius 3 is 2.48 bits per heavy atom. The van der Waals surface area contributed by atoms with Crippen LogP contribution in [0.15, 0.2) is 61.1 Å². The number of benzene rings is 1. The lowest BCUT2D eigenvalue weighted by atomic mass is 10.2. The van der Waals surface area contributed by atoms with Crippen molar-refractivity contribution in [1.82, 2.24) is 9.55 Å². The SMILES string of the molecule is Cc1c(C)[n+](Cc2ccccc2)cn1Cc1ccccn1. The van der Waals surface area contributed by atoms with Gasteiger partial charge < -0.3 is 0 Å². The van der Waals surface area contributed by atoms with E-state index in [0.717, 1.165) is 18.8 Å². The molecule has 2 aromatic heterocycles. The fourth-order valence-electron chi connectivity index (χ4n) is 2.52. The molecule has 3 heteroatoms. The van der Waals surface area contributed by atoms with E-state index in [2.05, 4.69) is 70.7 Å². The molecule has 106 valence electrons. The zero-order chi connectivity index (χ0) is 14.7. The van der Waals surface area contributed by atoms with Gasteiger partial charge in [0.1, 0.15) is 24.5 Å². The summed E-state index contributed by atoms with van der Waals surface area (Å²) in [5, 5.41) is 0. The number of imidazole rings is 1. The summed E-state index contributed by atoms with van der Waals surface area (Å²) in [5.74, 6) is 0. The number of hydrogen-bond acceptors (Lipinski definition) is 1. The molecule has 3 rings (SSSR count). The third-order valence-corrected chi connectivity index (χ3v) is 3.92. The second-order valence-corrected chi connectivity index (χ2v) is 5.35. The Hall–Kier alpha value is -2.42. The molecule has 0 unspecified atom stereocenters. The van der Waals surface area contributed by atoms with E-state index in [1.54, 1.807) is 0 Å². The fourth-order valence-corrected chi connectivity index (χ4v) is 2.52. The van der Waals surface area contributed by atoms with Gasteiger partial charge in [0.25, 0.3) is 0 Å². The Balaban J connectivity index is 1.85. The lowest BCUT2D eigenvalue weighted by Gasteiger charge is -1.98. The summed E-state index contributed by atoms with van der Waals surface area (Å²) < 4.78 is 4.56. The lowest BCUT2D eigenvalue weighted by Crippen LogP contribution is -2.35. The largest absolute Gasteiger partial charge is 0.257 e. The predicted octanol–water partition coefficient (Wildman–Crippen LogP) is 2.88. The minimum Gasteiger partial charge on any atom is -0.257 e. The molecule has 1 aromatic carbocycles. The van der Waals surface area contributed by atoms with E-state index < -0.39 is 0 Å². The molecule has 0 saturated heterocycles. The maximum atomic E-state index is 4.41. The predicted molar refractivity (Wildman–Crippen MR) is 83.0 cm³/mol. The summed E-state index contributed by atoms with van der Waals surface area (Å²) in [5.41, 5.74) is 4.99. The number of pyridine rings is 1. The summed E-state index contributed by atoms with van der Waals surface area (Å²) in [6, 6.07) is 16.6. The van der Waals surface area contributed by atoms with Crippen LogP contribution in [0, 0.1) is 13.8 Å². The van der Waals surface area contributed by atoms with E-state index in [-0.39, 0.29) is 0 Å². The number of aromatic nitrogens is 3. The molecule has 3 nitrogen and oxygen atoms in total. The molecule has 0 spiro atoms. The molecular weight excluding hydrogens is 258 g/mol. The van der Waals surface area contributed by atoms with Crippen LogP contribution in [0.25, 0.3) is 0 Å². The van der Waals surface area contributed by atoms with E-state index in [4.69, 9.17) is 0 Å². The third-order valence-electron chi connectivity index (χ3n) is 3.92. The molecule has 0 fully saturated rings. The first kappa shape index (κ1) is 13.6. The van der Waals surface area contributed by atoms with E-state index >= 15 is 0 Å². The van der Waals surface area contributed by atoms with E-state index in [1.165, 1.54) is 17.0 Å². The van der Waals surface area contributed by atoms with Gasteiger partial charge in [-0.2, -0.15) is 0 Å². The van der Waals surface area contributed by atoms with Gasteiger partial charge in [0.05, 0.1) is 5.69 Å². The smallest absolute Gasteiger partial charge is 0.244 e. The van der Waals surface area contributed by atoms with Crippen LogP contribution < -0.4 is 4.57 Å². The summed E-state index contributed by atoms with van der Waals surface area (Å²) in [6.07, 6.45) is 4.03. The molecule has 0 radical (unpaired) electrons. The van der Waals surface area contributed by atoms with Crippen molar-refractivity contribution >= 4 is 0 Å². The quantitative estimate of drug-likeness (QED) is 0.673. The fraction of sp³-hybridized carbons (Fsp3) is 0.222. The van der Waals surface area contributed by atoms with Crippen molar-refractivity contribution in [2.45, 2.75) is 26.9 Å². The van der Waals surface area contributed by atoms with E-state index in [1.807, 2.05) is 18.3 Å². The van der Waals surface area contributed by atoms with Crippen molar-refractivity contribution in [3.63, 3.8) is 0 Å². The number of nitrogens with zero attached hydrogens (tertiary/aromatic N) is 3. The van der Waals surface area contributed by atoms with E-state index in [0.29, 0.717) is 0 Å². The van der Waals surface area contributed by atoms with Gasteiger partial charge in [-0.05, 0) is 17.7 Å². The minimum absolute atomic E-state index is 0.815. The van der Waals surface area contributed by atoms with Gasteiger partial charge in [-0.1, -0.05) is 36.4 Å². The van der Waals surface area contributed by atoms with Crippen LogP contribution in [-0.2, 0) is 13.1 Å². The average Bonchev–Trinajstić information content (AvgIpc) is 2.78. The van der Waals surface area contributed by atoms with Crippen LogP contribution >= 0.6 is 0 Å². The van der Waals surface area contributed by atoms with Crippen LogP contribution in [0.5, 0.6) is 0 Å². The van der Waals surface area contributed by atoms with Crippen molar-refractivity contribution in [3.8, 4) is 0 Å². The first-order valence-electron chi connectivity index (χ1n) is 7.23. The Kier molecular flexibility index (Phi) is 3.82. The molecule has 0 aliphatic heterocycles. The highest BCUT2D eigenvalue weighted by atomic mass is 15.1. The molecule has 2 heterocycles. The highest BCUT2D eigenvalue weighted by Crippen LogP contribution is 2.08. The van der Waals surface area contributed by atoms with Crippen LogP contribution in [0.1, 0.15) is 22.6 Å². The Morgan fingerprint density at radius 2 is 1.76 bits per heavy atom. The molecular formula is C18H20N3+.